The highest BCUT2D eigenvalue weighted by Crippen LogP contribution is 2.26. The molecule has 102 valence electrons. The first-order valence-corrected chi connectivity index (χ1v) is 8.53. The minimum atomic E-state index is -3.08. The summed E-state index contributed by atoms with van der Waals surface area (Å²) in [5, 5.41) is 0. The van der Waals surface area contributed by atoms with Gasteiger partial charge < -0.3 is 5.73 Å². The van der Waals surface area contributed by atoms with E-state index in [1.54, 1.807) is 10.5 Å². The summed E-state index contributed by atoms with van der Waals surface area (Å²) in [7, 11) is -3.08. The zero-order valence-corrected chi connectivity index (χ0v) is 12.0. The van der Waals surface area contributed by atoms with E-state index in [-0.39, 0.29) is 6.04 Å². The van der Waals surface area contributed by atoms with Crippen molar-refractivity contribution >= 4 is 21.8 Å². The van der Waals surface area contributed by atoms with Crippen LogP contribution in [0.3, 0.4) is 0 Å². The fourth-order valence-electron chi connectivity index (χ4n) is 2.34. The van der Waals surface area contributed by atoms with Crippen LogP contribution >= 0.6 is 11.7 Å². The molecule has 0 aromatic carbocycles. The van der Waals surface area contributed by atoms with Crippen LogP contribution in [0.15, 0.2) is 6.20 Å². The smallest absolute Gasteiger partial charge is 0.211 e. The summed E-state index contributed by atoms with van der Waals surface area (Å²) in [6.07, 6.45) is 5.64. The van der Waals surface area contributed by atoms with E-state index >= 15 is 0 Å². The van der Waals surface area contributed by atoms with E-state index in [4.69, 9.17) is 5.73 Å². The Balaban J connectivity index is 1.94. The number of nitrogens with zero attached hydrogens (tertiary/aromatic N) is 3. The van der Waals surface area contributed by atoms with Crippen LogP contribution in [0.1, 0.15) is 31.0 Å². The third-order valence-electron chi connectivity index (χ3n) is 3.30. The predicted octanol–water partition coefficient (Wildman–Crippen LogP) is 0.600. The highest BCUT2D eigenvalue weighted by Gasteiger charge is 2.27. The molecule has 1 fully saturated rings. The Labute approximate surface area is 112 Å². The van der Waals surface area contributed by atoms with Gasteiger partial charge in [-0.15, -0.1) is 0 Å². The minimum absolute atomic E-state index is 0.145. The Kier molecular flexibility index (Phi) is 4.31. The number of sulfonamides is 1. The van der Waals surface area contributed by atoms with E-state index in [0.29, 0.717) is 19.0 Å². The van der Waals surface area contributed by atoms with Crippen molar-refractivity contribution in [3.05, 3.63) is 11.9 Å². The Morgan fingerprint density at radius 3 is 3.06 bits per heavy atom. The molecule has 0 bridgehead atoms. The molecular weight excluding hydrogens is 272 g/mol. The fourth-order valence-corrected chi connectivity index (χ4v) is 3.76. The van der Waals surface area contributed by atoms with Crippen molar-refractivity contribution < 1.29 is 8.42 Å². The van der Waals surface area contributed by atoms with Gasteiger partial charge in [0.25, 0.3) is 0 Å². The lowest BCUT2D eigenvalue weighted by Gasteiger charge is -2.31. The van der Waals surface area contributed by atoms with Gasteiger partial charge >= 0.3 is 0 Å². The SMILES string of the molecule is CS(=O)(=O)N1CCCC(CC(N)c2cnsn2)C1. The molecule has 0 spiro atoms. The summed E-state index contributed by atoms with van der Waals surface area (Å²) in [4.78, 5) is 0. The molecule has 8 heteroatoms. The summed E-state index contributed by atoms with van der Waals surface area (Å²) >= 11 is 1.15. The highest BCUT2D eigenvalue weighted by molar-refractivity contribution is 7.88. The fraction of sp³-hybridized carbons (Fsp3) is 0.800. The van der Waals surface area contributed by atoms with Gasteiger partial charge in [0.05, 0.1) is 35.9 Å². The molecule has 1 aromatic rings. The largest absolute Gasteiger partial charge is 0.323 e. The van der Waals surface area contributed by atoms with E-state index in [1.807, 2.05) is 0 Å². The zero-order chi connectivity index (χ0) is 13.2. The average Bonchev–Trinajstić information content (AvgIpc) is 2.81. The molecule has 2 rings (SSSR count). The summed E-state index contributed by atoms with van der Waals surface area (Å²) in [5.41, 5.74) is 6.86. The number of rotatable bonds is 4. The second kappa shape index (κ2) is 5.60. The molecule has 2 heterocycles. The molecule has 0 saturated carbocycles. The first-order chi connectivity index (χ1) is 8.47. The van der Waals surface area contributed by atoms with Crippen LogP contribution in [-0.4, -0.2) is 40.8 Å². The lowest BCUT2D eigenvalue weighted by molar-refractivity contribution is 0.246. The normalized spacial score (nSPS) is 24.0. The van der Waals surface area contributed by atoms with Crippen LogP contribution in [0.4, 0.5) is 0 Å². The van der Waals surface area contributed by atoms with Crippen LogP contribution in [-0.2, 0) is 10.0 Å². The second-order valence-electron chi connectivity index (χ2n) is 4.80. The van der Waals surface area contributed by atoms with Crippen LogP contribution in [0.25, 0.3) is 0 Å². The first kappa shape index (κ1) is 13.9. The van der Waals surface area contributed by atoms with Crippen LogP contribution in [0.5, 0.6) is 0 Å². The number of hydrogen-bond donors (Lipinski definition) is 1. The Bertz CT molecular complexity index is 474. The van der Waals surface area contributed by atoms with Crippen LogP contribution < -0.4 is 5.73 Å². The van der Waals surface area contributed by atoms with Crippen molar-refractivity contribution in [2.45, 2.75) is 25.3 Å². The molecule has 2 atom stereocenters. The van der Waals surface area contributed by atoms with Gasteiger partial charge in [-0.3, -0.25) is 0 Å². The lowest BCUT2D eigenvalue weighted by atomic mass is 9.92. The Hall–Kier alpha value is -0.570. The topological polar surface area (TPSA) is 89.2 Å². The average molecular weight is 290 g/mol. The highest BCUT2D eigenvalue weighted by atomic mass is 32.2. The summed E-state index contributed by atoms with van der Waals surface area (Å²) in [5.74, 6) is 0.310. The van der Waals surface area contributed by atoms with E-state index in [9.17, 15) is 8.42 Å². The second-order valence-corrected chi connectivity index (χ2v) is 7.34. The molecule has 0 radical (unpaired) electrons. The maximum atomic E-state index is 11.5. The van der Waals surface area contributed by atoms with Gasteiger partial charge in [-0.1, -0.05) is 0 Å². The zero-order valence-electron chi connectivity index (χ0n) is 10.3. The van der Waals surface area contributed by atoms with E-state index < -0.39 is 10.0 Å². The number of hydrogen-bond acceptors (Lipinski definition) is 6. The molecule has 1 aliphatic heterocycles. The first-order valence-electron chi connectivity index (χ1n) is 5.95. The monoisotopic (exact) mass is 290 g/mol. The van der Waals surface area contributed by atoms with Crippen molar-refractivity contribution in [3.63, 3.8) is 0 Å². The standard InChI is InChI=1S/C10H18N4O2S2/c1-18(15,16)14-4-2-3-8(7-14)5-9(11)10-6-12-17-13-10/h6,8-9H,2-5,7,11H2,1H3. The molecule has 1 saturated heterocycles. The van der Waals surface area contributed by atoms with Gasteiger partial charge in [-0.05, 0) is 25.2 Å². The van der Waals surface area contributed by atoms with E-state index in [1.165, 1.54) is 6.26 Å². The Morgan fingerprint density at radius 1 is 1.67 bits per heavy atom. The van der Waals surface area contributed by atoms with Crippen molar-refractivity contribution in [1.29, 1.82) is 0 Å². The molecule has 1 aromatic heterocycles. The summed E-state index contributed by atoms with van der Waals surface area (Å²) in [6.45, 7) is 1.20. The maximum Gasteiger partial charge on any atom is 0.211 e. The third-order valence-corrected chi connectivity index (χ3v) is 5.06. The van der Waals surface area contributed by atoms with Crippen LogP contribution in [0.2, 0.25) is 0 Å². The molecule has 0 aliphatic carbocycles. The maximum absolute atomic E-state index is 11.5. The minimum Gasteiger partial charge on any atom is -0.323 e. The van der Waals surface area contributed by atoms with E-state index in [2.05, 4.69) is 8.75 Å². The van der Waals surface area contributed by atoms with Gasteiger partial charge in [0, 0.05) is 13.1 Å². The molecule has 18 heavy (non-hydrogen) atoms. The van der Waals surface area contributed by atoms with Crippen molar-refractivity contribution in [1.82, 2.24) is 13.1 Å². The van der Waals surface area contributed by atoms with Gasteiger partial charge in [0.1, 0.15) is 0 Å². The summed E-state index contributed by atoms with van der Waals surface area (Å²) < 4.78 is 32.6. The van der Waals surface area contributed by atoms with E-state index in [0.717, 1.165) is 36.7 Å². The number of aromatic nitrogens is 2. The van der Waals surface area contributed by atoms with Gasteiger partial charge in [-0.2, -0.15) is 8.75 Å². The third kappa shape index (κ3) is 3.47. The van der Waals surface area contributed by atoms with Gasteiger partial charge in [-0.25, -0.2) is 12.7 Å². The van der Waals surface area contributed by atoms with Crippen molar-refractivity contribution in [2.75, 3.05) is 19.3 Å². The van der Waals surface area contributed by atoms with Gasteiger partial charge in [0.2, 0.25) is 10.0 Å². The van der Waals surface area contributed by atoms with Gasteiger partial charge in [0.15, 0.2) is 0 Å². The quantitative estimate of drug-likeness (QED) is 0.877. The number of piperidine rings is 1. The molecule has 1 aliphatic rings. The molecule has 6 nitrogen and oxygen atoms in total. The lowest BCUT2D eigenvalue weighted by Crippen LogP contribution is -2.40. The predicted molar refractivity (Wildman–Crippen MR) is 70.6 cm³/mol. The molecule has 2 unspecified atom stereocenters. The molecule has 2 N–H and O–H groups in total. The van der Waals surface area contributed by atoms with Crippen LogP contribution in [0, 0.1) is 5.92 Å². The summed E-state index contributed by atoms with van der Waals surface area (Å²) in [6, 6.07) is -0.145. The Morgan fingerprint density at radius 2 is 2.44 bits per heavy atom. The van der Waals surface area contributed by atoms with Crippen molar-refractivity contribution in [2.24, 2.45) is 11.7 Å². The number of nitrogens with two attached hydrogens (primary N) is 1. The van der Waals surface area contributed by atoms with Crippen molar-refractivity contribution in [3.8, 4) is 0 Å². The molecule has 0 amide bonds. The molecular formula is C10H18N4O2S2.